The number of nitrogens with one attached hydrogen (secondary N) is 1. The van der Waals surface area contributed by atoms with Crippen molar-refractivity contribution in [3.05, 3.63) is 58.9 Å². The van der Waals surface area contributed by atoms with Crippen molar-refractivity contribution in [3.63, 3.8) is 0 Å². The van der Waals surface area contributed by atoms with Crippen LogP contribution >= 0.6 is 11.6 Å². The van der Waals surface area contributed by atoms with Crippen LogP contribution in [0.25, 0.3) is 0 Å². The molecule has 0 aliphatic heterocycles. The number of hydrogen-bond acceptors (Lipinski definition) is 3. The second-order valence-corrected chi connectivity index (χ2v) is 7.37. The lowest BCUT2D eigenvalue weighted by Crippen LogP contribution is -2.27. The summed E-state index contributed by atoms with van der Waals surface area (Å²) >= 11 is 5.77. The molecule has 0 bridgehead atoms. The molecule has 0 amide bonds. The summed E-state index contributed by atoms with van der Waals surface area (Å²) < 4.78 is 28.3. The van der Waals surface area contributed by atoms with E-state index in [9.17, 15) is 13.5 Å². The van der Waals surface area contributed by atoms with Crippen molar-refractivity contribution in [1.29, 1.82) is 0 Å². The fourth-order valence-corrected chi connectivity index (χ4v) is 3.46. The fourth-order valence-electron chi connectivity index (χ4n) is 2.17. The molecule has 120 valence electrons. The van der Waals surface area contributed by atoms with Crippen LogP contribution in [-0.4, -0.2) is 24.6 Å². The van der Waals surface area contributed by atoms with Gasteiger partial charge < -0.3 is 9.67 Å². The molecule has 1 heterocycles. The maximum absolute atomic E-state index is 12.0. The van der Waals surface area contributed by atoms with Gasteiger partial charge in [0.1, 0.15) is 0 Å². The van der Waals surface area contributed by atoms with E-state index in [2.05, 4.69) is 4.72 Å². The van der Waals surface area contributed by atoms with E-state index in [1.165, 1.54) is 0 Å². The Hall–Kier alpha value is -1.34. The van der Waals surface area contributed by atoms with Crippen molar-refractivity contribution < 1.29 is 13.5 Å². The van der Waals surface area contributed by atoms with Gasteiger partial charge >= 0.3 is 0 Å². The van der Waals surface area contributed by atoms with E-state index >= 15 is 0 Å². The minimum Gasteiger partial charge on any atom is -0.387 e. The van der Waals surface area contributed by atoms with Crippen LogP contribution in [0.2, 0.25) is 5.02 Å². The number of halogens is 1. The molecule has 1 aromatic heterocycles. The van der Waals surface area contributed by atoms with Gasteiger partial charge in [0.25, 0.3) is 0 Å². The SMILES string of the molecule is Cn1cccc1C(O)CCNS(=O)(=O)Cc1ccc(Cl)cc1. The molecule has 1 atom stereocenters. The van der Waals surface area contributed by atoms with Crippen molar-refractivity contribution >= 4 is 21.6 Å². The zero-order chi connectivity index (χ0) is 16.2. The fraction of sp³-hybridized carbons (Fsp3) is 0.333. The van der Waals surface area contributed by atoms with Gasteiger partial charge in [-0.05, 0) is 36.2 Å². The highest BCUT2D eigenvalue weighted by Gasteiger charge is 2.14. The Labute approximate surface area is 135 Å². The van der Waals surface area contributed by atoms with Gasteiger partial charge in [0.2, 0.25) is 10.0 Å². The van der Waals surface area contributed by atoms with Crippen LogP contribution in [-0.2, 0) is 22.8 Å². The summed E-state index contributed by atoms with van der Waals surface area (Å²) in [5, 5.41) is 10.6. The second-order valence-electron chi connectivity index (χ2n) is 5.13. The normalized spacial score (nSPS) is 13.2. The van der Waals surface area contributed by atoms with Crippen molar-refractivity contribution in [3.8, 4) is 0 Å². The average molecular weight is 343 g/mol. The number of aryl methyl sites for hydroxylation is 1. The van der Waals surface area contributed by atoms with Crippen LogP contribution in [0, 0.1) is 0 Å². The third-order valence-corrected chi connectivity index (χ3v) is 4.94. The lowest BCUT2D eigenvalue weighted by molar-refractivity contribution is 0.161. The number of aliphatic hydroxyl groups excluding tert-OH is 1. The topological polar surface area (TPSA) is 71.3 Å². The number of aromatic nitrogens is 1. The number of hydrogen-bond donors (Lipinski definition) is 2. The van der Waals surface area contributed by atoms with Gasteiger partial charge in [-0.1, -0.05) is 23.7 Å². The molecule has 2 N–H and O–H groups in total. The molecule has 0 fully saturated rings. The molecule has 1 aromatic carbocycles. The maximum Gasteiger partial charge on any atom is 0.215 e. The lowest BCUT2D eigenvalue weighted by atomic mass is 10.2. The molecule has 0 aliphatic carbocycles. The quantitative estimate of drug-likeness (QED) is 0.810. The van der Waals surface area contributed by atoms with E-state index in [-0.39, 0.29) is 12.3 Å². The predicted molar refractivity (Wildman–Crippen MR) is 87.1 cm³/mol. The highest BCUT2D eigenvalue weighted by Crippen LogP contribution is 2.16. The highest BCUT2D eigenvalue weighted by atomic mass is 35.5. The van der Waals surface area contributed by atoms with Crippen molar-refractivity contribution in [1.82, 2.24) is 9.29 Å². The smallest absolute Gasteiger partial charge is 0.215 e. The number of nitrogens with zero attached hydrogens (tertiary/aromatic N) is 1. The second kappa shape index (κ2) is 7.28. The molecule has 0 radical (unpaired) electrons. The van der Waals surface area contributed by atoms with Gasteiger partial charge in [-0.25, -0.2) is 13.1 Å². The van der Waals surface area contributed by atoms with Crippen molar-refractivity contribution in [2.45, 2.75) is 18.3 Å². The zero-order valence-corrected chi connectivity index (χ0v) is 13.8. The first kappa shape index (κ1) is 17.0. The van der Waals surface area contributed by atoms with Crippen molar-refractivity contribution in [2.24, 2.45) is 7.05 Å². The Morgan fingerprint density at radius 2 is 1.95 bits per heavy atom. The number of rotatable bonds is 7. The first-order valence-corrected chi connectivity index (χ1v) is 8.91. The molecule has 0 saturated carbocycles. The minimum absolute atomic E-state index is 0.107. The van der Waals surface area contributed by atoms with Crippen LogP contribution in [0.1, 0.15) is 23.8 Å². The van der Waals surface area contributed by atoms with Gasteiger partial charge in [-0.3, -0.25) is 0 Å². The first-order chi connectivity index (χ1) is 10.4. The minimum atomic E-state index is -3.43. The number of sulfonamides is 1. The summed E-state index contributed by atoms with van der Waals surface area (Å²) in [7, 11) is -1.60. The molecule has 0 spiro atoms. The zero-order valence-electron chi connectivity index (χ0n) is 12.2. The maximum atomic E-state index is 12.0. The van der Waals surface area contributed by atoms with Crippen LogP contribution in [0.4, 0.5) is 0 Å². The Morgan fingerprint density at radius 1 is 1.27 bits per heavy atom. The van der Waals surface area contributed by atoms with Crippen LogP contribution < -0.4 is 4.72 Å². The van der Waals surface area contributed by atoms with Crippen LogP contribution in [0.3, 0.4) is 0 Å². The van der Waals surface area contributed by atoms with E-state index in [0.29, 0.717) is 17.0 Å². The number of benzene rings is 1. The molecule has 5 nitrogen and oxygen atoms in total. The molecule has 22 heavy (non-hydrogen) atoms. The molecule has 2 rings (SSSR count). The van der Waals surface area contributed by atoms with E-state index in [1.54, 1.807) is 24.3 Å². The van der Waals surface area contributed by atoms with Gasteiger partial charge in [0, 0.05) is 30.5 Å². The first-order valence-electron chi connectivity index (χ1n) is 6.88. The summed E-state index contributed by atoms with van der Waals surface area (Å²) in [5.74, 6) is -0.107. The Balaban J connectivity index is 1.85. The Kier molecular flexibility index (Phi) is 5.63. The molecular weight excluding hydrogens is 324 g/mol. The predicted octanol–water partition coefficient (Wildman–Crippen LogP) is 2.22. The van der Waals surface area contributed by atoms with E-state index in [0.717, 1.165) is 5.69 Å². The molecule has 0 aliphatic rings. The van der Waals surface area contributed by atoms with Crippen molar-refractivity contribution in [2.75, 3.05) is 6.54 Å². The third-order valence-electron chi connectivity index (χ3n) is 3.34. The molecule has 2 aromatic rings. The van der Waals surface area contributed by atoms with E-state index in [1.807, 2.05) is 29.9 Å². The summed E-state index contributed by atoms with van der Waals surface area (Å²) in [4.78, 5) is 0. The molecule has 7 heteroatoms. The van der Waals surface area contributed by atoms with Gasteiger partial charge in [-0.15, -0.1) is 0 Å². The van der Waals surface area contributed by atoms with E-state index < -0.39 is 16.1 Å². The number of aliphatic hydroxyl groups is 1. The highest BCUT2D eigenvalue weighted by molar-refractivity contribution is 7.88. The molecule has 0 saturated heterocycles. The molecule has 1 unspecified atom stereocenters. The summed E-state index contributed by atoms with van der Waals surface area (Å²) in [5.41, 5.74) is 1.43. The Morgan fingerprint density at radius 3 is 2.55 bits per heavy atom. The summed E-state index contributed by atoms with van der Waals surface area (Å²) in [6.45, 7) is 0.183. The van der Waals surface area contributed by atoms with Gasteiger partial charge in [0.05, 0.1) is 11.9 Å². The van der Waals surface area contributed by atoms with Crippen LogP contribution in [0.5, 0.6) is 0 Å². The Bertz CT molecular complexity index is 711. The standard InChI is InChI=1S/C15H19ClN2O3S/c1-18-10-2-3-14(18)15(19)8-9-17-22(20,21)11-12-4-6-13(16)7-5-12/h2-7,10,15,17,19H,8-9,11H2,1H3. The van der Waals surface area contributed by atoms with Crippen LogP contribution in [0.15, 0.2) is 42.6 Å². The summed E-state index contributed by atoms with van der Waals surface area (Å²) in [6.07, 6.45) is 1.46. The molecular formula is C15H19ClN2O3S. The van der Waals surface area contributed by atoms with E-state index in [4.69, 9.17) is 11.6 Å². The summed E-state index contributed by atoms with van der Waals surface area (Å²) in [6, 6.07) is 10.3. The third kappa shape index (κ3) is 4.84. The van der Waals surface area contributed by atoms with Gasteiger partial charge in [-0.2, -0.15) is 0 Å². The van der Waals surface area contributed by atoms with Gasteiger partial charge in [0.15, 0.2) is 0 Å². The average Bonchev–Trinajstić information content (AvgIpc) is 2.87. The monoisotopic (exact) mass is 342 g/mol. The lowest BCUT2D eigenvalue weighted by Gasteiger charge is -2.13. The largest absolute Gasteiger partial charge is 0.387 e.